The number of likely N-dealkylation sites (N-methyl/N-ethyl adjacent to an activating group) is 1. The Kier molecular flexibility index (Phi) is 8.54. The summed E-state index contributed by atoms with van der Waals surface area (Å²) < 4.78 is 11.6. The van der Waals surface area contributed by atoms with E-state index in [0.29, 0.717) is 25.3 Å². The lowest BCUT2D eigenvalue weighted by Gasteiger charge is -2.28. The lowest BCUT2D eigenvalue weighted by Crippen LogP contribution is -2.38. The molecule has 1 saturated heterocycles. The van der Waals surface area contributed by atoms with Gasteiger partial charge >= 0.3 is 0 Å². The second-order valence-corrected chi connectivity index (χ2v) is 9.75. The lowest BCUT2D eigenvalue weighted by molar-refractivity contribution is -0.140. The summed E-state index contributed by atoms with van der Waals surface area (Å²) in [7, 11) is 0. The fourth-order valence-corrected chi connectivity index (χ4v) is 5.05. The molecule has 4 rings (SSSR count). The Hall–Kier alpha value is -3.32. The fraction of sp³-hybridized carbons (Fsp3) is 0.467. The number of nitrogens with zero attached hydrogens (tertiary/aromatic N) is 2. The summed E-state index contributed by atoms with van der Waals surface area (Å²) in [5.74, 6) is 0.138. The van der Waals surface area contributed by atoms with Crippen LogP contribution in [-0.4, -0.2) is 65.5 Å². The number of rotatable bonds is 11. The molecular weight excluding hydrogens is 468 g/mol. The zero-order valence-electron chi connectivity index (χ0n) is 22.3. The third kappa shape index (κ3) is 5.67. The number of aliphatic hydroxyl groups is 1. The van der Waals surface area contributed by atoms with Crippen molar-refractivity contribution in [2.75, 3.05) is 32.8 Å². The number of benzene rings is 2. The first-order valence-corrected chi connectivity index (χ1v) is 13.4. The van der Waals surface area contributed by atoms with E-state index < -0.39 is 17.7 Å². The Labute approximate surface area is 219 Å². The Morgan fingerprint density at radius 2 is 1.84 bits per heavy atom. The quantitative estimate of drug-likeness (QED) is 0.201. The molecule has 37 heavy (non-hydrogen) atoms. The molecule has 2 aromatic carbocycles. The minimum Gasteiger partial charge on any atom is -0.507 e. The first-order chi connectivity index (χ1) is 17.9. The zero-order valence-corrected chi connectivity index (χ0v) is 22.3. The van der Waals surface area contributed by atoms with Crippen LogP contribution in [0.3, 0.4) is 0 Å². The minimum absolute atomic E-state index is 0.0658. The van der Waals surface area contributed by atoms with Gasteiger partial charge in [0, 0.05) is 25.1 Å². The van der Waals surface area contributed by atoms with Crippen molar-refractivity contribution >= 4 is 17.4 Å². The van der Waals surface area contributed by atoms with E-state index in [0.717, 1.165) is 55.0 Å². The van der Waals surface area contributed by atoms with Crippen molar-refractivity contribution in [3.05, 3.63) is 64.7 Å². The molecular formula is C30H38N2O5. The van der Waals surface area contributed by atoms with Crippen LogP contribution in [0.2, 0.25) is 0 Å². The maximum Gasteiger partial charge on any atom is 0.295 e. The summed E-state index contributed by atoms with van der Waals surface area (Å²) in [6, 6.07) is 12.2. The summed E-state index contributed by atoms with van der Waals surface area (Å²) in [6.45, 7) is 11.6. The van der Waals surface area contributed by atoms with Crippen molar-refractivity contribution in [2.24, 2.45) is 0 Å². The van der Waals surface area contributed by atoms with Crippen molar-refractivity contribution in [1.29, 1.82) is 0 Å². The van der Waals surface area contributed by atoms with Gasteiger partial charge in [-0.05, 0) is 67.9 Å². The highest BCUT2D eigenvalue weighted by Gasteiger charge is 2.46. The normalized spacial score (nSPS) is 20.4. The van der Waals surface area contributed by atoms with Gasteiger partial charge < -0.3 is 24.4 Å². The molecule has 1 fully saturated rings. The summed E-state index contributed by atoms with van der Waals surface area (Å²) >= 11 is 0. The topological polar surface area (TPSA) is 79.3 Å². The van der Waals surface area contributed by atoms with Crippen LogP contribution in [0.25, 0.3) is 5.76 Å². The number of ketones is 1. The predicted molar refractivity (Wildman–Crippen MR) is 144 cm³/mol. The van der Waals surface area contributed by atoms with E-state index in [4.69, 9.17) is 9.47 Å². The number of likely N-dealkylation sites (tertiary alicyclic amines) is 1. The van der Waals surface area contributed by atoms with Gasteiger partial charge in [-0.15, -0.1) is 0 Å². The number of fused-ring (bicyclic) bond motifs is 1. The monoisotopic (exact) mass is 506 g/mol. The molecule has 0 saturated carbocycles. The number of carbonyl (C=O) groups excluding carboxylic acids is 2. The van der Waals surface area contributed by atoms with E-state index >= 15 is 0 Å². The molecule has 1 N–H and O–H groups in total. The van der Waals surface area contributed by atoms with Crippen molar-refractivity contribution in [2.45, 2.75) is 59.1 Å². The molecule has 198 valence electrons. The zero-order chi connectivity index (χ0) is 26.5. The molecule has 0 aromatic heterocycles. The SMILES string of the molecule is CCCCOc1ccc([C@H]2C(=C(O)c3ccc4c(c3)C[C@@H](C)O4)C(=O)C(=O)N2CCN(CC)CC)cc1. The average molecular weight is 507 g/mol. The van der Waals surface area contributed by atoms with Crippen molar-refractivity contribution in [1.82, 2.24) is 9.80 Å². The van der Waals surface area contributed by atoms with Crippen molar-refractivity contribution in [3.8, 4) is 11.5 Å². The van der Waals surface area contributed by atoms with E-state index in [1.54, 1.807) is 11.0 Å². The van der Waals surface area contributed by atoms with Crippen LogP contribution < -0.4 is 9.47 Å². The maximum atomic E-state index is 13.4. The van der Waals surface area contributed by atoms with E-state index in [1.807, 2.05) is 43.3 Å². The second kappa shape index (κ2) is 11.8. The van der Waals surface area contributed by atoms with Gasteiger partial charge in [0.15, 0.2) is 0 Å². The minimum atomic E-state index is -0.677. The first kappa shape index (κ1) is 26.7. The molecule has 0 bridgehead atoms. The Bertz CT molecular complexity index is 1150. The largest absolute Gasteiger partial charge is 0.507 e. The Morgan fingerprint density at radius 3 is 2.51 bits per heavy atom. The Balaban J connectivity index is 1.72. The molecule has 2 atom stereocenters. The third-order valence-electron chi connectivity index (χ3n) is 7.22. The smallest absolute Gasteiger partial charge is 0.295 e. The van der Waals surface area contributed by atoms with Crippen molar-refractivity contribution < 1.29 is 24.2 Å². The van der Waals surface area contributed by atoms with Crippen LogP contribution in [-0.2, 0) is 16.0 Å². The number of amides is 1. The lowest BCUT2D eigenvalue weighted by atomic mass is 9.94. The van der Waals surface area contributed by atoms with Gasteiger partial charge in [0.25, 0.3) is 11.7 Å². The van der Waals surface area contributed by atoms with Crippen LogP contribution in [0.5, 0.6) is 11.5 Å². The van der Waals surface area contributed by atoms with Crippen LogP contribution >= 0.6 is 0 Å². The van der Waals surface area contributed by atoms with Gasteiger partial charge in [0.1, 0.15) is 23.4 Å². The molecule has 2 aliphatic rings. The standard InChI is InChI=1S/C30H38N2O5/c1-5-8-17-36-24-12-9-21(10-13-24)27-26(29(34)30(35)32(27)16-15-31(6-2)7-3)28(33)22-11-14-25-23(19-22)18-20(4)37-25/h9-14,19-20,27,33H,5-8,15-18H2,1-4H3/t20-,27+/m1/s1. The maximum absolute atomic E-state index is 13.4. The molecule has 0 radical (unpaired) electrons. The van der Waals surface area contributed by atoms with Gasteiger partial charge in [0.05, 0.1) is 18.2 Å². The van der Waals surface area contributed by atoms with E-state index in [9.17, 15) is 14.7 Å². The highest BCUT2D eigenvalue weighted by molar-refractivity contribution is 6.46. The molecule has 0 unspecified atom stereocenters. The molecule has 7 nitrogen and oxygen atoms in total. The Morgan fingerprint density at radius 1 is 1.11 bits per heavy atom. The molecule has 7 heteroatoms. The highest BCUT2D eigenvalue weighted by atomic mass is 16.5. The van der Waals surface area contributed by atoms with Crippen LogP contribution in [0, 0.1) is 0 Å². The fourth-order valence-electron chi connectivity index (χ4n) is 5.05. The van der Waals surface area contributed by atoms with Crippen LogP contribution in [0.15, 0.2) is 48.0 Å². The summed E-state index contributed by atoms with van der Waals surface area (Å²) in [4.78, 5) is 30.4. The number of carbonyl (C=O) groups is 2. The third-order valence-corrected chi connectivity index (χ3v) is 7.22. The van der Waals surface area contributed by atoms with Gasteiger partial charge in [-0.2, -0.15) is 0 Å². The van der Waals surface area contributed by atoms with Crippen molar-refractivity contribution in [3.63, 3.8) is 0 Å². The first-order valence-electron chi connectivity index (χ1n) is 13.4. The number of Topliss-reactive ketones (excluding diaryl/α,β-unsaturated/α-hetero) is 1. The van der Waals surface area contributed by atoms with E-state index in [-0.39, 0.29) is 17.4 Å². The van der Waals surface area contributed by atoms with Crippen LogP contribution in [0.4, 0.5) is 0 Å². The summed E-state index contributed by atoms with van der Waals surface area (Å²) in [5.41, 5.74) is 2.39. The average Bonchev–Trinajstić information content (AvgIpc) is 3.40. The molecule has 0 aliphatic carbocycles. The van der Waals surface area contributed by atoms with Gasteiger partial charge in [-0.3, -0.25) is 9.59 Å². The van der Waals surface area contributed by atoms with E-state index in [1.165, 1.54) is 0 Å². The number of hydrogen-bond donors (Lipinski definition) is 1. The number of aliphatic hydroxyl groups excluding tert-OH is 1. The molecule has 0 spiro atoms. The number of hydrogen-bond acceptors (Lipinski definition) is 6. The van der Waals surface area contributed by atoms with Gasteiger partial charge in [-0.25, -0.2) is 0 Å². The van der Waals surface area contributed by atoms with Gasteiger partial charge in [0.2, 0.25) is 0 Å². The number of ether oxygens (including phenoxy) is 2. The molecule has 2 heterocycles. The molecule has 2 aromatic rings. The predicted octanol–water partition coefficient (Wildman–Crippen LogP) is 4.95. The highest BCUT2D eigenvalue weighted by Crippen LogP contribution is 2.41. The number of unbranched alkanes of at least 4 members (excludes halogenated alkanes) is 1. The summed E-state index contributed by atoms with van der Waals surface area (Å²) in [5, 5.41) is 11.4. The van der Waals surface area contributed by atoms with Crippen LogP contribution in [0.1, 0.15) is 63.3 Å². The summed E-state index contributed by atoms with van der Waals surface area (Å²) in [6.07, 6.45) is 2.82. The second-order valence-electron chi connectivity index (χ2n) is 9.75. The van der Waals surface area contributed by atoms with Gasteiger partial charge in [-0.1, -0.05) is 39.3 Å². The molecule has 2 aliphatic heterocycles. The molecule has 1 amide bonds. The van der Waals surface area contributed by atoms with E-state index in [2.05, 4.69) is 25.7 Å².